The molecule has 80 valence electrons. The van der Waals surface area contributed by atoms with Gasteiger partial charge in [0.2, 0.25) is 0 Å². The van der Waals surface area contributed by atoms with Crippen molar-refractivity contribution in [1.82, 2.24) is 0 Å². The minimum absolute atomic E-state index is 0.391. The first-order valence-electron chi connectivity index (χ1n) is 5.14. The molecule has 0 radical (unpaired) electrons. The molecule has 1 aliphatic rings. The highest BCUT2D eigenvalue weighted by atomic mass is 16.5. The van der Waals surface area contributed by atoms with E-state index in [0.29, 0.717) is 11.7 Å². The average molecular weight is 205 g/mol. The summed E-state index contributed by atoms with van der Waals surface area (Å²) in [4.78, 5) is 12.7. The minimum Gasteiger partial charge on any atom is -0.490 e. The first-order valence-corrected chi connectivity index (χ1v) is 5.14. The summed E-state index contributed by atoms with van der Waals surface area (Å²) in [7, 11) is 3.84. The van der Waals surface area contributed by atoms with Crippen molar-refractivity contribution in [3.8, 4) is 5.75 Å². The summed E-state index contributed by atoms with van der Waals surface area (Å²) in [5.74, 6) is 0.854. The van der Waals surface area contributed by atoms with Crippen LogP contribution in [0.3, 0.4) is 0 Å². The predicted octanol–water partition coefficient (Wildman–Crippen LogP) is 2.11. The number of anilines is 1. The minimum atomic E-state index is 0.391. The Hall–Kier alpha value is -1.51. The van der Waals surface area contributed by atoms with Crippen molar-refractivity contribution in [2.24, 2.45) is 0 Å². The molecule has 0 saturated heterocycles. The van der Waals surface area contributed by atoms with Gasteiger partial charge < -0.3 is 9.64 Å². The van der Waals surface area contributed by atoms with E-state index in [2.05, 4.69) is 0 Å². The maximum absolute atomic E-state index is 10.8. The fourth-order valence-corrected chi connectivity index (χ4v) is 1.46. The number of carbonyl (C=O) groups excluding carboxylic acids is 1. The SMILES string of the molecule is CN(C)c1cc(OC2CC2)ccc1C=O. The van der Waals surface area contributed by atoms with E-state index < -0.39 is 0 Å². The Labute approximate surface area is 89.7 Å². The zero-order chi connectivity index (χ0) is 10.8. The average Bonchev–Trinajstić information content (AvgIpc) is 3.01. The van der Waals surface area contributed by atoms with Crippen molar-refractivity contribution in [3.63, 3.8) is 0 Å². The van der Waals surface area contributed by atoms with Crippen LogP contribution in [-0.2, 0) is 0 Å². The van der Waals surface area contributed by atoms with Crippen molar-refractivity contribution in [2.45, 2.75) is 18.9 Å². The van der Waals surface area contributed by atoms with Crippen LogP contribution in [0.2, 0.25) is 0 Å². The van der Waals surface area contributed by atoms with Crippen LogP contribution < -0.4 is 9.64 Å². The quantitative estimate of drug-likeness (QED) is 0.705. The van der Waals surface area contributed by atoms with E-state index in [-0.39, 0.29) is 0 Å². The summed E-state index contributed by atoms with van der Waals surface area (Å²) in [6.07, 6.45) is 3.55. The highest BCUT2D eigenvalue weighted by Gasteiger charge is 2.23. The highest BCUT2D eigenvalue weighted by Crippen LogP contribution is 2.30. The second kappa shape index (κ2) is 3.93. The Kier molecular flexibility index (Phi) is 2.62. The highest BCUT2D eigenvalue weighted by molar-refractivity contribution is 5.85. The third-order valence-corrected chi connectivity index (χ3v) is 2.44. The van der Waals surface area contributed by atoms with Gasteiger partial charge >= 0.3 is 0 Å². The lowest BCUT2D eigenvalue weighted by atomic mass is 10.2. The van der Waals surface area contributed by atoms with Gasteiger partial charge in [0.15, 0.2) is 6.29 Å². The van der Waals surface area contributed by atoms with E-state index in [1.807, 2.05) is 31.1 Å². The van der Waals surface area contributed by atoms with Crippen LogP contribution in [0.5, 0.6) is 5.75 Å². The Balaban J connectivity index is 2.26. The molecular weight excluding hydrogens is 190 g/mol. The summed E-state index contributed by atoms with van der Waals surface area (Å²) in [5.41, 5.74) is 1.60. The van der Waals surface area contributed by atoms with Gasteiger partial charge in [-0.3, -0.25) is 4.79 Å². The fraction of sp³-hybridized carbons (Fsp3) is 0.417. The second-order valence-corrected chi connectivity index (χ2v) is 4.05. The number of nitrogens with zero attached hydrogens (tertiary/aromatic N) is 1. The van der Waals surface area contributed by atoms with Gasteiger partial charge in [-0.25, -0.2) is 0 Å². The molecule has 0 bridgehead atoms. The van der Waals surface area contributed by atoms with Gasteiger partial charge in [0.05, 0.1) is 11.8 Å². The van der Waals surface area contributed by atoms with Crippen LogP contribution >= 0.6 is 0 Å². The molecule has 15 heavy (non-hydrogen) atoms. The Bertz CT molecular complexity index is 370. The molecule has 1 aliphatic carbocycles. The van der Waals surface area contributed by atoms with Crippen molar-refractivity contribution in [2.75, 3.05) is 19.0 Å². The smallest absolute Gasteiger partial charge is 0.152 e. The van der Waals surface area contributed by atoms with Crippen LogP contribution in [0.15, 0.2) is 18.2 Å². The molecule has 0 heterocycles. The second-order valence-electron chi connectivity index (χ2n) is 4.05. The van der Waals surface area contributed by atoms with E-state index in [4.69, 9.17) is 4.74 Å². The van der Waals surface area contributed by atoms with Crippen molar-refractivity contribution in [1.29, 1.82) is 0 Å². The Morgan fingerprint density at radius 1 is 1.40 bits per heavy atom. The summed E-state index contributed by atoms with van der Waals surface area (Å²) in [6, 6.07) is 5.58. The maximum atomic E-state index is 10.8. The molecule has 0 aliphatic heterocycles. The summed E-state index contributed by atoms with van der Waals surface area (Å²) in [5, 5.41) is 0. The van der Waals surface area contributed by atoms with Gasteiger partial charge in [-0.05, 0) is 25.0 Å². The molecule has 0 N–H and O–H groups in total. The number of rotatable bonds is 4. The van der Waals surface area contributed by atoms with Crippen LogP contribution in [0.1, 0.15) is 23.2 Å². The summed E-state index contributed by atoms with van der Waals surface area (Å²) >= 11 is 0. The molecular formula is C12H15NO2. The van der Waals surface area contributed by atoms with E-state index in [1.165, 1.54) is 0 Å². The Morgan fingerprint density at radius 2 is 2.13 bits per heavy atom. The maximum Gasteiger partial charge on any atom is 0.152 e. The first-order chi connectivity index (χ1) is 7.20. The molecule has 3 nitrogen and oxygen atoms in total. The monoisotopic (exact) mass is 205 g/mol. The molecule has 1 aromatic carbocycles. The third-order valence-electron chi connectivity index (χ3n) is 2.44. The molecule has 0 atom stereocenters. The molecule has 0 amide bonds. The number of ether oxygens (including phenoxy) is 1. The topological polar surface area (TPSA) is 29.5 Å². The van der Waals surface area contributed by atoms with E-state index in [9.17, 15) is 4.79 Å². The van der Waals surface area contributed by atoms with Gasteiger partial charge in [0.1, 0.15) is 5.75 Å². The largest absolute Gasteiger partial charge is 0.490 e. The molecule has 1 aromatic rings. The van der Waals surface area contributed by atoms with Crippen LogP contribution in [0.4, 0.5) is 5.69 Å². The van der Waals surface area contributed by atoms with Gasteiger partial charge in [0, 0.05) is 25.7 Å². The predicted molar refractivity (Wildman–Crippen MR) is 59.8 cm³/mol. The van der Waals surface area contributed by atoms with Gasteiger partial charge in [-0.2, -0.15) is 0 Å². The standard InChI is InChI=1S/C12H15NO2/c1-13(2)12-7-11(15-10-5-6-10)4-3-9(12)8-14/h3-4,7-8,10H,5-6H2,1-2H3. The van der Waals surface area contributed by atoms with Crippen LogP contribution in [0, 0.1) is 0 Å². The van der Waals surface area contributed by atoms with E-state index in [0.717, 1.165) is 30.6 Å². The van der Waals surface area contributed by atoms with Gasteiger partial charge in [-0.15, -0.1) is 0 Å². The lowest BCUT2D eigenvalue weighted by molar-refractivity contribution is 0.112. The van der Waals surface area contributed by atoms with Crippen LogP contribution in [-0.4, -0.2) is 26.5 Å². The van der Waals surface area contributed by atoms with E-state index >= 15 is 0 Å². The number of benzene rings is 1. The Morgan fingerprint density at radius 3 is 2.67 bits per heavy atom. The van der Waals surface area contributed by atoms with Gasteiger partial charge in [0.25, 0.3) is 0 Å². The van der Waals surface area contributed by atoms with E-state index in [1.54, 1.807) is 6.07 Å². The number of hydrogen-bond acceptors (Lipinski definition) is 3. The van der Waals surface area contributed by atoms with Crippen molar-refractivity contribution in [3.05, 3.63) is 23.8 Å². The first kappa shape index (κ1) is 10.0. The fourth-order valence-electron chi connectivity index (χ4n) is 1.46. The third kappa shape index (κ3) is 2.29. The number of carbonyl (C=O) groups is 1. The molecule has 0 unspecified atom stereocenters. The molecule has 0 aromatic heterocycles. The molecule has 0 spiro atoms. The van der Waals surface area contributed by atoms with Crippen LogP contribution in [0.25, 0.3) is 0 Å². The van der Waals surface area contributed by atoms with Crippen molar-refractivity contribution >= 4 is 12.0 Å². The molecule has 2 rings (SSSR count). The molecule has 1 fully saturated rings. The number of hydrogen-bond donors (Lipinski definition) is 0. The zero-order valence-corrected chi connectivity index (χ0v) is 9.06. The lowest BCUT2D eigenvalue weighted by Crippen LogP contribution is -2.11. The summed E-state index contributed by atoms with van der Waals surface area (Å²) < 4.78 is 5.67. The molecule has 3 heteroatoms. The molecule has 1 saturated carbocycles. The normalized spacial score (nSPS) is 14.8. The summed E-state index contributed by atoms with van der Waals surface area (Å²) in [6.45, 7) is 0. The zero-order valence-electron chi connectivity index (χ0n) is 9.06. The van der Waals surface area contributed by atoms with Crippen molar-refractivity contribution < 1.29 is 9.53 Å². The lowest BCUT2D eigenvalue weighted by Gasteiger charge is -2.16. The van der Waals surface area contributed by atoms with Gasteiger partial charge in [-0.1, -0.05) is 0 Å². The number of aldehydes is 1.